The molecule has 0 aromatic heterocycles. The molecule has 2 aliphatic rings. The first-order valence-electron chi connectivity index (χ1n) is 4.81. The summed E-state index contributed by atoms with van der Waals surface area (Å²) in [6.07, 6.45) is 4.26. The molecule has 0 aromatic rings. The molecule has 1 heterocycles. The van der Waals surface area contributed by atoms with Crippen LogP contribution in [-0.4, -0.2) is 12.3 Å². The molecular weight excluding hydrogens is 164 g/mol. The summed E-state index contributed by atoms with van der Waals surface area (Å²) < 4.78 is 0. The van der Waals surface area contributed by atoms with E-state index < -0.39 is 0 Å². The molecule has 0 bridgehead atoms. The van der Waals surface area contributed by atoms with Crippen LogP contribution in [0.5, 0.6) is 0 Å². The minimum atomic E-state index is -0.0777. The maximum absolute atomic E-state index is 10.7. The van der Waals surface area contributed by atoms with Crippen LogP contribution in [0, 0.1) is 5.41 Å². The average molecular weight is 180 g/mol. The Kier molecular flexibility index (Phi) is 1.91. The minimum Gasteiger partial charge on any atom is -0.325 e. The molecule has 0 aromatic carbocycles. The molecular formula is C10H16N2O. The number of hydrogen-bond donors (Lipinski definition) is 2. The maximum atomic E-state index is 10.7. The van der Waals surface area contributed by atoms with Crippen LogP contribution in [0.1, 0.15) is 33.1 Å². The van der Waals surface area contributed by atoms with E-state index in [9.17, 15) is 4.79 Å². The summed E-state index contributed by atoms with van der Waals surface area (Å²) in [6, 6.07) is -0.0777. The lowest BCUT2D eigenvalue weighted by atomic mass is 9.76. The van der Waals surface area contributed by atoms with Gasteiger partial charge < -0.3 is 10.2 Å². The van der Waals surface area contributed by atoms with Crippen molar-refractivity contribution >= 4 is 6.29 Å². The molecule has 1 unspecified atom stereocenters. The first-order chi connectivity index (χ1) is 6.12. The van der Waals surface area contributed by atoms with E-state index in [1.807, 2.05) is 0 Å². The summed E-state index contributed by atoms with van der Waals surface area (Å²) in [5.74, 6) is 0. The van der Waals surface area contributed by atoms with Crippen LogP contribution >= 0.6 is 0 Å². The van der Waals surface area contributed by atoms with E-state index in [1.165, 1.54) is 17.7 Å². The molecule has 2 rings (SSSR count). The molecule has 3 nitrogen and oxygen atoms in total. The van der Waals surface area contributed by atoms with Gasteiger partial charge in [-0.1, -0.05) is 13.8 Å². The first kappa shape index (κ1) is 8.75. The summed E-state index contributed by atoms with van der Waals surface area (Å²) >= 11 is 0. The summed E-state index contributed by atoms with van der Waals surface area (Å²) in [7, 11) is 0. The van der Waals surface area contributed by atoms with Crippen LogP contribution < -0.4 is 10.9 Å². The van der Waals surface area contributed by atoms with Crippen molar-refractivity contribution in [3.05, 3.63) is 11.3 Å². The Labute approximate surface area is 78.6 Å². The molecule has 1 aliphatic carbocycles. The lowest BCUT2D eigenvalue weighted by Gasteiger charge is -2.30. The van der Waals surface area contributed by atoms with Gasteiger partial charge in [-0.2, -0.15) is 0 Å². The fourth-order valence-corrected chi connectivity index (χ4v) is 2.14. The highest BCUT2D eigenvalue weighted by molar-refractivity contribution is 5.65. The predicted molar refractivity (Wildman–Crippen MR) is 50.8 cm³/mol. The fraction of sp³-hybridized carbons (Fsp3) is 0.700. The Morgan fingerprint density at radius 3 is 3.00 bits per heavy atom. The second-order valence-electron chi connectivity index (χ2n) is 4.73. The fourth-order valence-electron chi connectivity index (χ4n) is 2.14. The molecule has 13 heavy (non-hydrogen) atoms. The van der Waals surface area contributed by atoms with Gasteiger partial charge in [0.1, 0.15) is 12.3 Å². The highest BCUT2D eigenvalue weighted by Crippen LogP contribution is 2.39. The van der Waals surface area contributed by atoms with Crippen molar-refractivity contribution in [1.82, 2.24) is 10.9 Å². The number of rotatable bonds is 1. The van der Waals surface area contributed by atoms with Gasteiger partial charge in [-0.25, -0.2) is 5.43 Å². The van der Waals surface area contributed by atoms with Crippen molar-refractivity contribution in [3.63, 3.8) is 0 Å². The summed E-state index contributed by atoms with van der Waals surface area (Å²) in [4.78, 5) is 10.7. The molecule has 1 atom stereocenters. The third kappa shape index (κ3) is 1.48. The van der Waals surface area contributed by atoms with Gasteiger partial charge in [-0.15, -0.1) is 0 Å². The Morgan fingerprint density at radius 1 is 1.54 bits per heavy atom. The van der Waals surface area contributed by atoms with Crippen LogP contribution in [0.25, 0.3) is 0 Å². The van der Waals surface area contributed by atoms with Crippen molar-refractivity contribution in [3.8, 4) is 0 Å². The topological polar surface area (TPSA) is 41.1 Å². The third-order valence-corrected chi connectivity index (χ3v) is 3.00. The van der Waals surface area contributed by atoms with E-state index in [-0.39, 0.29) is 6.04 Å². The van der Waals surface area contributed by atoms with E-state index in [2.05, 4.69) is 24.7 Å². The predicted octanol–water partition coefficient (Wildman–Crippen LogP) is 1.13. The van der Waals surface area contributed by atoms with Crippen molar-refractivity contribution in [2.45, 2.75) is 39.2 Å². The van der Waals surface area contributed by atoms with Crippen LogP contribution in [0.3, 0.4) is 0 Å². The van der Waals surface area contributed by atoms with Crippen molar-refractivity contribution in [1.29, 1.82) is 0 Å². The van der Waals surface area contributed by atoms with Gasteiger partial charge in [-0.05, 0) is 30.3 Å². The van der Waals surface area contributed by atoms with E-state index in [1.54, 1.807) is 0 Å². The van der Waals surface area contributed by atoms with Crippen LogP contribution in [0.15, 0.2) is 11.3 Å². The van der Waals surface area contributed by atoms with Crippen LogP contribution in [0.4, 0.5) is 0 Å². The van der Waals surface area contributed by atoms with Gasteiger partial charge in [-0.3, -0.25) is 0 Å². The zero-order valence-corrected chi connectivity index (χ0v) is 8.18. The summed E-state index contributed by atoms with van der Waals surface area (Å²) in [6.45, 7) is 4.54. The van der Waals surface area contributed by atoms with E-state index in [0.29, 0.717) is 5.41 Å². The SMILES string of the molecule is CC1(C)CCC2=C(C1)NNC2C=O. The highest BCUT2D eigenvalue weighted by Gasteiger charge is 2.33. The molecule has 1 aliphatic heterocycles. The molecule has 0 fully saturated rings. The Hall–Kier alpha value is -0.830. The number of nitrogens with one attached hydrogen (secondary N) is 2. The zero-order valence-electron chi connectivity index (χ0n) is 8.18. The molecule has 0 spiro atoms. The summed E-state index contributed by atoms with van der Waals surface area (Å²) in [5, 5.41) is 0. The number of hydrazine groups is 1. The van der Waals surface area contributed by atoms with E-state index in [4.69, 9.17) is 0 Å². The standard InChI is InChI=1S/C10H16N2O/c1-10(2)4-3-7-8(5-10)11-12-9(7)6-13/h6,9,11-12H,3-5H2,1-2H3. The van der Waals surface area contributed by atoms with Gasteiger partial charge in [0.25, 0.3) is 0 Å². The Bertz CT molecular complexity index is 268. The Balaban J connectivity index is 2.21. The van der Waals surface area contributed by atoms with Gasteiger partial charge in [0.2, 0.25) is 0 Å². The number of aldehydes is 1. The molecule has 0 saturated carbocycles. The smallest absolute Gasteiger partial charge is 0.142 e. The second-order valence-corrected chi connectivity index (χ2v) is 4.73. The molecule has 2 N–H and O–H groups in total. The Morgan fingerprint density at radius 2 is 2.31 bits per heavy atom. The number of carbonyl (C=O) groups excluding carboxylic acids is 1. The lowest BCUT2D eigenvalue weighted by molar-refractivity contribution is -0.108. The molecule has 0 saturated heterocycles. The zero-order chi connectivity index (χ0) is 9.47. The summed E-state index contributed by atoms with van der Waals surface area (Å²) in [5.41, 5.74) is 9.00. The monoisotopic (exact) mass is 180 g/mol. The molecule has 72 valence electrons. The molecule has 0 amide bonds. The van der Waals surface area contributed by atoms with Crippen molar-refractivity contribution < 1.29 is 4.79 Å². The van der Waals surface area contributed by atoms with Crippen molar-refractivity contribution in [2.24, 2.45) is 5.41 Å². The number of allylic oxidation sites excluding steroid dienone is 1. The normalized spacial score (nSPS) is 31.1. The average Bonchev–Trinajstić information content (AvgIpc) is 2.44. The third-order valence-electron chi connectivity index (χ3n) is 3.00. The van der Waals surface area contributed by atoms with E-state index >= 15 is 0 Å². The quantitative estimate of drug-likeness (QED) is 0.594. The van der Waals surface area contributed by atoms with E-state index in [0.717, 1.165) is 19.1 Å². The van der Waals surface area contributed by atoms with Crippen LogP contribution in [-0.2, 0) is 4.79 Å². The molecule has 3 heteroatoms. The van der Waals surface area contributed by atoms with Gasteiger partial charge in [0, 0.05) is 5.70 Å². The van der Waals surface area contributed by atoms with Gasteiger partial charge >= 0.3 is 0 Å². The lowest BCUT2D eigenvalue weighted by Crippen LogP contribution is -2.33. The minimum absolute atomic E-state index is 0.0777. The van der Waals surface area contributed by atoms with Gasteiger partial charge in [0.15, 0.2) is 0 Å². The maximum Gasteiger partial charge on any atom is 0.142 e. The number of carbonyl (C=O) groups is 1. The van der Waals surface area contributed by atoms with Crippen LogP contribution in [0.2, 0.25) is 0 Å². The van der Waals surface area contributed by atoms with Crippen molar-refractivity contribution in [2.75, 3.05) is 0 Å². The molecule has 0 radical (unpaired) electrons. The first-order valence-corrected chi connectivity index (χ1v) is 4.81. The highest BCUT2D eigenvalue weighted by atomic mass is 16.1. The largest absolute Gasteiger partial charge is 0.325 e. The number of hydrogen-bond acceptors (Lipinski definition) is 3. The second kappa shape index (κ2) is 2.84. The van der Waals surface area contributed by atoms with Gasteiger partial charge in [0.05, 0.1) is 0 Å².